The quantitative estimate of drug-likeness (QED) is 0.902. The van der Waals surface area contributed by atoms with Gasteiger partial charge in [-0.1, -0.05) is 18.2 Å². The summed E-state index contributed by atoms with van der Waals surface area (Å²) in [6.07, 6.45) is 2.28. The molecular formula is C18H24N2O3. The Morgan fingerprint density at radius 3 is 2.61 bits per heavy atom. The summed E-state index contributed by atoms with van der Waals surface area (Å²) >= 11 is 0. The van der Waals surface area contributed by atoms with Crippen molar-refractivity contribution >= 4 is 11.8 Å². The predicted molar refractivity (Wildman–Crippen MR) is 87.3 cm³/mol. The highest BCUT2D eigenvalue weighted by atomic mass is 16.5. The van der Waals surface area contributed by atoms with E-state index in [1.165, 1.54) is 0 Å². The Morgan fingerprint density at radius 2 is 2.04 bits per heavy atom. The van der Waals surface area contributed by atoms with Gasteiger partial charge in [0.05, 0.1) is 12.5 Å². The zero-order valence-corrected chi connectivity index (χ0v) is 14.0. The van der Waals surface area contributed by atoms with Crippen molar-refractivity contribution in [2.45, 2.75) is 50.6 Å². The smallest absolute Gasteiger partial charge is 0.245 e. The van der Waals surface area contributed by atoms with Crippen LogP contribution in [0.1, 0.15) is 38.7 Å². The summed E-state index contributed by atoms with van der Waals surface area (Å²) in [6.45, 7) is 4.71. The van der Waals surface area contributed by atoms with Crippen LogP contribution in [0.25, 0.3) is 0 Å². The lowest BCUT2D eigenvalue weighted by Crippen LogP contribution is -2.46. The summed E-state index contributed by atoms with van der Waals surface area (Å²) in [4.78, 5) is 27.0. The van der Waals surface area contributed by atoms with Crippen LogP contribution in [-0.2, 0) is 15.0 Å². The number of methoxy groups -OCH3 is 1. The van der Waals surface area contributed by atoms with Gasteiger partial charge < -0.3 is 15.0 Å². The van der Waals surface area contributed by atoms with Gasteiger partial charge in [0.15, 0.2) is 0 Å². The molecule has 1 saturated heterocycles. The Morgan fingerprint density at radius 1 is 1.35 bits per heavy atom. The first-order chi connectivity index (χ1) is 11.0. The number of nitrogens with zero attached hydrogens (tertiary/aromatic N) is 1. The Labute approximate surface area is 137 Å². The number of ether oxygens (including phenoxy) is 1. The van der Waals surface area contributed by atoms with Crippen LogP contribution in [-0.4, -0.2) is 42.5 Å². The molecule has 0 bridgehead atoms. The minimum absolute atomic E-state index is 0.0316. The molecule has 0 aromatic heterocycles. The van der Waals surface area contributed by atoms with Gasteiger partial charge in [0, 0.05) is 18.2 Å². The van der Waals surface area contributed by atoms with Crippen molar-refractivity contribution in [1.82, 2.24) is 10.2 Å². The highest BCUT2D eigenvalue weighted by Gasteiger charge is 2.53. The average molecular weight is 316 g/mol. The molecule has 124 valence electrons. The number of para-hydroxylation sites is 1. The van der Waals surface area contributed by atoms with Crippen molar-refractivity contribution in [3.05, 3.63) is 29.8 Å². The molecule has 5 heteroatoms. The second kappa shape index (κ2) is 5.87. The highest BCUT2D eigenvalue weighted by Crippen LogP contribution is 2.51. The fraction of sp³-hybridized carbons (Fsp3) is 0.556. The van der Waals surface area contributed by atoms with Gasteiger partial charge in [-0.2, -0.15) is 0 Å². The molecule has 2 aliphatic rings. The second-order valence-corrected chi connectivity index (χ2v) is 6.72. The lowest BCUT2D eigenvalue weighted by atomic mass is 9.93. The first-order valence-electron chi connectivity index (χ1n) is 8.24. The van der Waals surface area contributed by atoms with Gasteiger partial charge in [-0.3, -0.25) is 9.59 Å². The largest absolute Gasteiger partial charge is 0.496 e. The standard InChI is InChI=1S/C18H24N2O3/c1-12(2)20-11-8-14(16(20)21)19-17(22)18(9-10-18)13-6-4-5-7-15(13)23-3/h4-7,12,14H,8-11H2,1-3H3,(H,19,22). The molecule has 23 heavy (non-hydrogen) atoms. The van der Waals surface area contributed by atoms with Crippen molar-refractivity contribution in [3.8, 4) is 5.75 Å². The second-order valence-electron chi connectivity index (χ2n) is 6.72. The minimum Gasteiger partial charge on any atom is -0.496 e. The van der Waals surface area contributed by atoms with E-state index in [1.807, 2.05) is 43.0 Å². The number of nitrogens with one attached hydrogen (secondary N) is 1. The van der Waals surface area contributed by atoms with Gasteiger partial charge in [-0.25, -0.2) is 0 Å². The van der Waals surface area contributed by atoms with E-state index in [-0.39, 0.29) is 17.9 Å². The molecule has 2 fully saturated rings. The van der Waals surface area contributed by atoms with Crippen molar-refractivity contribution in [2.24, 2.45) is 0 Å². The normalized spacial score (nSPS) is 22.3. The number of carbonyl (C=O) groups is 2. The van der Waals surface area contributed by atoms with E-state index in [1.54, 1.807) is 7.11 Å². The third-order valence-electron chi connectivity index (χ3n) is 4.98. The van der Waals surface area contributed by atoms with E-state index in [0.717, 1.165) is 24.2 Å². The van der Waals surface area contributed by atoms with Crippen LogP contribution in [0.4, 0.5) is 0 Å². The van der Waals surface area contributed by atoms with Crippen LogP contribution >= 0.6 is 0 Å². The molecule has 1 aromatic rings. The van der Waals surface area contributed by atoms with Crippen LogP contribution in [0.3, 0.4) is 0 Å². The van der Waals surface area contributed by atoms with Crippen LogP contribution in [0, 0.1) is 0 Å². The maximum atomic E-state index is 12.8. The summed E-state index contributed by atoms with van der Waals surface area (Å²) in [6, 6.07) is 7.43. The van der Waals surface area contributed by atoms with E-state index in [9.17, 15) is 9.59 Å². The van der Waals surface area contributed by atoms with Gasteiger partial charge in [-0.15, -0.1) is 0 Å². The van der Waals surface area contributed by atoms with E-state index in [4.69, 9.17) is 4.74 Å². The molecule has 1 atom stereocenters. The van der Waals surface area contributed by atoms with E-state index in [0.29, 0.717) is 13.0 Å². The Hall–Kier alpha value is -2.04. The molecule has 0 spiro atoms. The number of carbonyl (C=O) groups excluding carboxylic acids is 2. The lowest BCUT2D eigenvalue weighted by molar-refractivity contribution is -0.134. The zero-order chi connectivity index (χ0) is 16.6. The molecule has 2 amide bonds. The molecule has 1 aliphatic carbocycles. The SMILES string of the molecule is COc1ccccc1C1(C(=O)NC2CCN(C(C)C)C2=O)CC1. The third kappa shape index (κ3) is 2.69. The third-order valence-corrected chi connectivity index (χ3v) is 4.98. The molecular weight excluding hydrogens is 292 g/mol. The van der Waals surface area contributed by atoms with Gasteiger partial charge in [-0.05, 0) is 39.2 Å². The number of amides is 2. The average Bonchev–Trinajstić information content (AvgIpc) is 3.27. The first kappa shape index (κ1) is 15.8. The van der Waals surface area contributed by atoms with Gasteiger partial charge >= 0.3 is 0 Å². The number of likely N-dealkylation sites (tertiary alicyclic amines) is 1. The van der Waals surface area contributed by atoms with Gasteiger partial charge in [0.25, 0.3) is 0 Å². The Balaban J connectivity index is 1.75. The van der Waals surface area contributed by atoms with E-state index in [2.05, 4.69) is 5.32 Å². The molecule has 1 saturated carbocycles. The molecule has 1 unspecified atom stereocenters. The molecule has 1 heterocycles. The van der Waals surface area contributed by atoms with Crippen LogP contribution in [0.2, 0.25) is 0 Å². The molecule has 0 radical (unpaired) electrons. The van der Waals surface area contributed by atoms with Crippen molar-refractivity contribution < 1.29 is 14.3 Å². The van der Waals surface area contributed by atoms with Crippen LogP contribution < -0.4 is 10.1 Å². The summed E-state index contributed by atoms with van der Waals surface area (Å²) in [5.41, 5.74) is 0.393. The fourth-order valence-corrected chi connectivity index (χ4v) is 3.43. The lowest BCUT2D eigenvalue weighted by Gasteiger charge is -2.23. The van der Waals surface area contributed by atoms with Gasteiger partial charge in [0.2, 0.25) is 11.8 Å². The predicted octanol–water partition coefficient (Wildman–Crippen LogP) is 1.85. The molecule has 1 aromatic carbocycles. The number of benzene rings is 1. The van der Waals surface area contributed by atoms with E-state index >= 15 is 0 Å². The maximum Gasteiger partial charge on any atom is 0.245 e. The zero-order valence-electron chi connectivity index (χ0n) is 14.0. The summed E-state index contributed by atoms with van der Waals surface area (Å²) in [7, 11) is 1.62. The topological polar surface area (TPSA) is 58.6 Å². The molecule has 1 N–H and O–H groups in total. The summed E-state index contributed by atoms with van der Waals surface area (Å²) in [5, 5.41) is 2.98. The van der Waals surface area contributed by atoms with Crippen molar-refractivity contribution in [1.29, 1.82) is 0 Å². The summed E-state index contributed by atoms with van der Waals surface area (Å²) in [5.74, 6) is 0.719. The van der Waals surface area contributed by atoms with Crippen LogP contribution in [0.15, 0.2) is 24.3 Å². The molecule has 5 nitrogen and oxygen atoms in total. The number of hydrogen-bond donors (Lipinski definition) is 1. The van der Waals surface area contributed by atoms with Gasteiger partial charge in [0.1, 0.15) is 11.8 Å². The Kier molecular flexibility index (Phi) is 4.04. The van der Waals surface area contributed by atoms with E-state index < -0.39 is 11.5 Å². The number of hydrogen-bond acceptors (Lipinski definition) is 3. The van der Waals surface area contributed by atoms with Crippen LogP contribution in [0.5, 0.6) is 5.75 Å². The monoisotopic (exact) mass is 316 g/mol. The van der Waals surface area contributed by atoms with Crippen molar-refractivity contribution in [2.75, 3.05) is 13.7 Å². The summed E-state index contributed by atoms with van der Waals surface area (Å²) < 4.78 is 5.41. The number of rotatable bonds is 5. The molecule has 1 aliphatic heterocycles. The molecule has 3 rings (SSSR count). The fourth-order valence-electron chi connectivity index (χ4n) is 3.43. The first-order valence-corrected chi connectivity index (χ1v) is 8.24. The van der Waals surface area contributed by atoms with Crippen molar-refractivity contribution in [3.63, 3.8) is 0 Å². The maximum absolute atomic E-state index is 12.8. The Bertz CT molecular complexity index is 622. The highest BCUT2D eigenvalue weighted by molar-refractivity contribution is 5.96. The minimum atomic E-state index is -0.530.